The predicted octanol–water partition coefficient (Wildman–Crippen LogP) is 3.20. The standard InChI is InChI=1S/C20H29NO3S/c1-22-18-4-2-3-17(9-18)11-21-14-20(15-21)10-19(13-25-20)24-12-16-5-7-23-8-6-16/h2-4,9,16,19H,5-8,10-15H2,1H3. The molecular formula is C20H29NO3S. The summed E-state index contributed by atoms with van der Waals surface area (Å²) in [5.41, 5.74) is 1.34. The highest BCUT2D eigenvalue weighted by Gasteiger charge is 2.49. The van der Waals surface area contributed by atoms with Gasteiger partial charge in [0.1, 0.15) is 5.75 Å². The number of likely N-dealkylation sites (tertiary alicyclic amines) is 1. The van der Waals surface area contributed by atoms with Gasteiger partial charge in [0, 0.05) is 50.0 Å². The van der Waals surface area contributed by atoms with Crippen molar-refractivity contribution >= 4 is 11.8 Å². The Morgan fingerprint density at radius 2 is 2.12 bits per heavy atom. The summed E-state index contributed by atoms with van der Waals surface area (Å²) in [7, 11) is 1.73. The zero-order valence-corrected chi connectivity index (χ0v) is 15.9. The number of hydrogen-bond donors (Lipinski definition) is 0. The first-order valence-electron chi connectivity index (χ1n) is 9.43. The molecule has 0 saturated carbocycles. The van der Waals surface area contributed by atoms with E-state index in [2.05, 4.69) is 34.9 Å². The van der Waals surface area contributed by atoms with Crippen molar-refractivity contribution in [3.05, 3.63) is 29.8 Å². The van der Waals surface area contributed by atoms with Crippen LogP contribution in [0.3, 0.4) is 0 Å². The SMILES string of the molecule is COc1cccc(CN2CC3(CC(OCC4CCOCC4)CS3)C2)c1. The van der Waals surface area contributed by atoms with E-state index in [4.69, 9.17) is 14.2 Å². The van der Waals surface area contributed by atoms with Gasteiger partial charge in [0.2, 0.25) is 0 Å². The van der Waals surface area contributed by atoms with Crippen LogP contribution in [-0.2, 0) is 16.0 Å². The van der Waals surface area contributed by atoms with Gasteiger partial charge in [-0.05, 0) is 42.9 Å². The fraction of sp³-hybridized carbons (Fsp3) is 0.700. The Morgan fingerprint density at radius 1 is 1.28 bits per heavy atom. The van der Waals surface area contributed by atoms with Crippen LogP contribution >= 0.6 is 11.8 Å². The van der Waals surface area contributed by atoms with E-state index in [-0.39, 0.29) is 0 Å². The molecule has 4 nitrogen and oxygen atoms in total. The van der Waals surface area contributed by atoms with Crippen molar-refractivity contribution in [2.45, 2.75) is 36.7 Å². The van der Waals surface area contributed by atoms with E-state index in [1.165, 1.54) is 37.9 Å². The number of ether oxygens (including phenoxy) is 3. The second-order valence-electron chi connectivity index (χ2n) is 7.71. The highest BCUT2D eigenvalue weighted by atomic mass is 32.2. The van der Waals surface area contributed by atoms with Crippen LogP contribution in [0, 0.1) is 5.92 Å². The van der Waals surface area contributed by atoms with Crippen LogP contribution in [0.5, 0.6) is 5.75 Å². The average Bonchev–Trinajstić information content (AvgIpc) is 3.05. The lowest BCUT2D eigenvalue weighted by Crippen LogP contribution is -2.58. The molecule has 3 heterocycles. The second-order valence-corrected chi connectivity index (χ2v) is 9.19. The molecule has 1 spiro atoms. The first-order chi connectivity index (χ1) is 12.2. The lowest BCUT2D eigenvalue weighted by molar-refractivity contribution is -0.0133. The lowest BCUT2D eigenvalue weighted by Gasteiger charge is -2.47. The Morgan fingerprint density at radius 3 is 2.92 bits per heavy atom. The second kappa shape index (κ2) is 7.87. The van der Waals surface area contributed by atoms with E-state index in [0.29, 0.717) is 16.8 Å². The van der Waals surface area contributed by atoms with Crippen LogP contribution in [0.1, 0.15) is 24.8 Å². The Balaban J connectivity index is 1.20. The summed E-state index contributed by atoms with van der Waals surface area (Å²) in [6.07, 6.45) is 4.00. The molecule has 3 fully saturated rings. The summed E-state index contributed by atoms with van der Waals surface area (Å²) in [5, 5.41) is 0. The number of thioether (sulfide) groups is 1. The van der Waals surface area contributed by atoms with Crippen LogP contribution in [-0.4, -0.2) is 61.5 Å². The molecule has 0 bridgehead atoms. The third kappa shape index (κ3) is 4.33. The van der Waals surface area contributed by atoms with Gasteiger partial charge in [-0.2, -0.15) is 0 Å². The number of benzene rings is 1. The molecule has 0 aromatic heterocycles. The first-order valence-corrected chi connectivity index (χ1v) is 10.4. The van der Waals surface area contributed by atoms with E-state index in [1.807, 2.05) is 6.07 Å². The van der Waals surface area contributed by atoms with Gasteiger partial charge in [0.15, 0.2) is 0 Å². The van der Waals surface area contributed by atoms with Crippen molar-refractivity contribution < 1.29 is 14.2 Å². The van der Waals surface area contributed by atoms with Crippen LogP contribution in [0.15, 0.2) is 24.3 Å². The monoisotopic (exact) mass is 363 g/mol. The maximum atomic E-state index is 6.25. The summed E-state index contributed by atoms with van der Waals surface area (Å²) >= 11 is 2.13. The van der Waals surface area contributed by atoms with Crippen LogP contribution < -0.4 is 4.74 Å². The number of hydrogen-bond acceptors (Lipinski definition) is 5. The molecule has 0 amide bonds. The van der Waals surface area contributed by atoms with Gasteiger partial charge < -0.3 is 14.2 Å². The van der Waals surface area contributed by atoms with Crippen molar-refractivity contribution in [1.82, 2.24) is 4.90 Å². The summed E-state index contributed by atoms with van der Waals surface area (Å²) in [6.45, 7) is 6.15. The van der Waals surface area contributed by atoms with Crippen LogP contribution in [0.4, 0.5) is 0 Å². The van der Waals surface area contributed by atoms with Gasteiger partial charge in [-0.25, -0.2) is 0 Å². The molecule has 0 radical (unpaired) electrons. The summed E-state index contributed by atoms with van der Waals surface area (Å²) < 4.78 is 17.4. The number of rotatable bonds is 6. The third-order valence-electron chi connectivity index (χ3n) is 5.65. The van der Waals surface area contributed by atoms with Gasteiger partial charge in [-0.3, -0.25) is 4.90 Å². The highest BCUT2D eigenvalue weighted by Crippen LogP contribution is 2.46. The lowest BCUT2D eigenvalue weighted by atomic mass is 9.92. The van der Waals surface area contributed by atoms with E-state index < -0.39 is 0 Å². The molecular weight excluding hydrogens is 334 g/mol. The largest absolute Gasteiger partial charge is 0.497 e. The molecule has 3 aliphatic heterocycles. The van der Waals surface area contributed by atoms with E-state index in [9.17, 15) is 0 Å². The van der Waals surface area contributed by atoms with E-state index >= 15 is 0 Å². The molecule has 0 aliphatic carbocycles. The maximum Gasteiger partial charge on any atom is 0.119 e. The smallest absolute Gasteiger partial charge is 0.119 e. The Bertz CT molecular complexity index is 570. The van der Waals surface area contributed by atoms with E-state index in [0.717, 1.165) is 37.9 Å². The maximum absolute atomic E-state index is 6.25. The Labute approximate surface area is 155 Å². The van der Waals surface area contributed by atoms with Gasteiger partial charge in [-0.15, -0.1) is 11.8 Å². The van der Waals surface area contributed by atoms with Crippen molar-refractivity contribution in [1.29, 1.82) is 0 Å². The highest BCUT2D eigenvalue weighted by molar-refractivity contribution is 8.01. The molecule has 1 unspecified atom stereocenters. The van der Waals surface area contributed by atoms with Gasteiger partial charge in [0.25, 0.3) is 0 Å². The minimum atomic E-state index is 0.444. The minimum absolute atomic E-state index is 0.444. The quantitative estimate of drug-likeness (QED) is 0.775. The molecule has 3 aliphatic rings. The average molecular weight is 364 g/mol. The van der Waals surface area contributed by atoms with Crippen molar-refractivity contribution in [2.24, 2.45) is 5.92 Å². The Kier molecular flexibility index (Phi) is 5.56. The van der Waals surface area contributed by atoms with Crippen molar-refractivity contribution in [2.75, 3.05) is 45.8 Å². The molecule has 1 aromatic carbocycles. The van der Waals surface area contributed by atoms with Crippen molar-refractivity contribution in [3.63, 3.8) is 0 Å². The predicted molar refractivity (Wildman–Crippen MR) is 101 cm³/mol. The zero-order valence-electron chi connectivity index (χ0n) is 15.1. The number of nitrogens with zero attached hydrogens (tertiary/aromatic N) is 1. The van der Waals surface area contributed by atoms with Crippen LogP contribution in [0.25, 0.3) is 0 Å². The number of methoxy groups -OCH3 is 1. The van der Waals surface area contributed by atoms with Crippen molar-refractivity contribution in [3.8, 4) is 5.75 Å². The molecule has 25 heavy (non-hydrogen) atoms. The molecule has 1 aromatic rings. The third-order valence-corrected chi connectivity index (χ3v) is 7.22. The Hall–Kier alpha value is -0.750. The molecule has 3 saturated heterocycles. The molecule has 5 heteroatoms. The molecule has 0 N–H and O–H groups in total. The van der Waals surface area contributed by atoms with Gasteiger partial charge in [0.05, 0.1) is 13.2 Å². The topological polar surface area (TPSA) is 30.9 Å². The minimum Gasteiger partial charge on any atom is -0.497 e. The summed E-state index contributed by atoms with van der Waals surface area (Å²) in [5.74, 6) is 2.82. The molecule has 1 atom stereocenters. The van der Waals surface area contributed by atoms with Gasteiger partial charge >= 0.3 is 0 Å². The van der Waals surface area contributed by atoms with E-state index in [1.54, 1.807) is 7.11 Å². The fourth-order valence-electron chi connectivity index (χ4n) is 4.22. The normalized spacial score (nSPS) is 26.7. The van der Waals surface area contributed by atoms with Crippen LogP contribution in [0.2, 0.25) is 0 Å². The molecule has 4 rings (SSSR count). The summed E-state index contributed by atoms with van der Waals surface area (Å²) in [6, 6.07) is 8.42. The van der Waals surface area contributed by atoms with Gasteiger partial charge in [-0.1, -0.05) is 12.1 Å². The fourth-order valence-corrected chi connectivity index (χ4v) is 5.83. The zero-order chi connectivity index (χ0) is 17.1. The molecule has 138 valence electrons. The summed E-state index contributed by atoms with van der Waals surface area (Å²) in [4.78, 5) is 2.54. The first kappa shape index (κ1) is 17.7.